The van der Waals surface area contributed by atoms with Gasteiger partial charge in [0.05, 0.1) is 12.8 Å². The number of pyridine rings is 1. The Morgan fingerprint density at radius 3 is 2.88 bits per heavy atom. The van der Waals surface area contributed by atoms with Gasteiger partial charge in [0.2, 0.25) is 0 Å². The molecule has 0 amide bonds. The van der Waals surface area contributed by atoms with Gasteiger partial charge < -0.3 is 20.5 Å². The van der Waals surface area contributed by atoms with E-state index in [2.05, 4.69) is 20.7 Å². The second-order valence-corrected chi connectivity index (χ2v) is 6.86. The largest absolute Gasteiger partial charge is 0.495 e. The number of ether oxygens (including phenoxy) is 2. The fourth-order valence-electron chi connectivity index (χ4n) is 3.01. The predicted molar refractivity (Wildman–Crippen MR) is 101 cm³/mol. The van der Waals surface area contributed by atoms with Crippen LogP contribution in [0, 0.1) is 0 Å². The Bertz CT molecular complexity index is 890. The maximum Gasteiger partial charge on any atom is 0.142 e. The summed E-state index contributed by atoms with van der Waals surface area (Å²) in [5.41, 5.74) is 10.3. The van der Waals surface area contributed by atoms with E-state index in [1.807, 2.05) is 24.4 Å². The minimum Gasteiger partial charge on any atom is -0.495 e. The van der Waals surface area contributed by atoms with Crippen LogP contribution in [0.3, 0.4) is 0 Å². The van der Waals surface area contributed by atoms with Gasteiger partial charge >= 0.3 is 0 Å². The van der Waals surface area contributed by atoms with Crippen LogP contribution < -0.4 is 15.8 Å². The smallest absolute Gasteiger partial charge is 0.142 e. The number of hydrogen-bond donors (Lipinski definition) is 2. The van der Waals surface area contributed by atoms with Gasteiger partial charge in [-0.2, -0.15) is 4.37 Å². The number of hydrogen-bond acceptors (Lipinski definition) is 7. The van der Waals surface area contributed by atoms with Crippen molar-refractivity contribution in [3.05, 3.63) is 30.5 Å². The lowest BCUT2D eigenvalue weighted by Gasteiger charge is -2.23. The predicted octanol–water partition coefficient (Wildman–Crippen LogP) is 3.54. The Kier molecular flexibility index (Phi) is 4.42. The lowest BCUT2D eigenvalue weighted by molar-refractivity contribution is 0.0905. The van der Waals surface area contributed by atoms with Crippen molar-refractivity contribution in [1.82, 2.24) is 9.36 Å². The first-order valence-electron chi connectivity index (χ1n) is 8.28. The standard InChI is InChI=1S/C18H20N4O2S/c1-23-16-9-11(2-3-14(16)19)12-8-15-17(20-10-12)18(25-22-15)21-13-4-6-24-7-5-13/h2-3,8-10,13,21H,4-7,19H2,1H3. The van der Waals surface area contributed by atoms with E-state index in [-0.39, 0.29) is 0 Å². The molecular formula is C18H20N4O2S. The van der Waals surface area contributed by atoms with Crippen LogP contribution in [0.4, 0.5) is 10.7 Å². The molecule has 7 heteroatoms. The topological polar surface area (TPSA) is 82.3 Å². The summed E-state index contributed by atoms with van der Waals surface area (Å²) in [6, 6.07) is 8.22. The van der Waals surface area contributed by atoms with Crippen molar-refractivity contribution in [1.29, 1.82) is 0 Å². The molecule has 0 saturated carbocycles. The number of anilines is 2. The van der Waals surface area contributed by atoms with E-state index in [4.69, 9.17) is 15.2 Å². The molecule has 0 spiro atoms. The SMILES string of the molecule is COc1cc(-c2cnc3c(NC4CCOCC4)snc3c2)ccc1N. The van der Waals surface area contributed by atoms with Crippen molar-refractivity contribution in [2.45, 2.75) is 18.9 Å². The number of nitrogens with one attached hydrogen (secondary N) is 1. The fraction of sp³-hybridized carbons (Fsp3) is 0.333. The highest BCUT2D eigenvalue weighted by Gasteiger charge is 2.17. The molecule has 2 aromatic heterocycles. The Hall–Kier alpha value is -2.38. The third-order valence-corrected chi connectivity index (χ3v) is 5.22. The second kappa shape index (κ2) is 6.85. The lowest BCUT2D eigenvalue weighted by Crippen LogP contribution is -2.27. The van der Waals surface area contributed by atoms with Crippen molar-refractivity contribution < 1.29 is 9.47 Å². The normalized spacial score (nSPS) is 15.4. The Morgan fingerprint density at radius 1 is 1.24 bits per heavy atom. The molecule has 25 heavy (non-hydrogen) atoms. The van der Waals surface area contributed by atoms with Crippen molar-refractivity contribution >= 4 is 33.3 Å². The first-order chi connectivity index (χ1) is 12.2. The molecule has 1 saturated heterocycles. The van der Waals surface area contributed by atoms with Crippen molar-refractivity contribution in [2.24, 2.45) is 0 Å². The molecule has 3 heterocycles. The van der Waals surface area contributed by atoms with Gasteiger partial charge in [-0.25, -0.2) is 0 Å². The van der Waals surface area contributed by atoms with Crippen LogP contribution in [-0.2, 0) is 4.74 Å². The number of nitrogen functional groups attached to an aromatic ring is 1. The molecule has 0 unspecified atom stereocenters. The minimum atomic E-state index is 0.431. The molecule has 0 radical (unpaired) electrons. The van der Waals surface area contributed by atoms with Crippen molar-refractivity contribution in [3.8, 4) is 16.9 Å². The van der Waals surface area contributed by atoms with E-state index in [9.17, 15) is 0 Å². The highest BCUT2D eigenvalue weighted by Crippen LogP contribution is 2.33. The number of methoxy groups -OCH3 is 1. The van der Waals surface area contributed by atoms with E-state index in [0.717, 1.165) is 53.2 Å². The maximum atomic E-state index is 5.89. The zero-order valence-corrected chi connectivity index (χ0v) is 14.8. The van der Waals surface area contributed by atoms with Gasteiger partial charge in [0.25, 0.3) is 0 Å². The first kappa shape index (κ1) is 16.1. The van der Waals surface area contributed by atoms with Crippen molar-refractivity contribution in [3.63, 3.8) is 0 Å². The van der Waals surface area contributed by atoms with Crippen molar-refractivity contribution in [2.75, 3.05) is 31.4 Å². The lowest BCUT2D eigenvalue weighted by atomic mass is 10.1. The van der Waals surface area contributed by atoms with Gasteiger partial charge in [-0.1, -0.05) is 6.07 Å². The van der Waals surface area contributed by atoms with Gasteiger partial charge in [-0.15, -0.1) is 0 Å². The van der Waals surface area contributed by atoms with Crippen LogP contribution in [-0.4, -0.2) is 35.7 Å². The Morgan fingerprint density at radius 2 is 2.08 bits per heavy atom. The van der Waals surface area contributed by atoms with E-state index in [1.54, 1.807) is 7.11 Å². The first-order valence-corrected chi connectivity index (χ1v) is 9.05. The summed E-state index contributed by atoms with van der Waals surface area (Å²) in [6.07, 6.45) is 3.91. The van der Waals surface area contributed by atoms with Crippen LogP contribution in [0.1, 0.15) is 12.8 Å². The average Bonchev–Trinajstić information content (AvgIpc) is 3.05. The molecule has 1 aromatic carbocycles. The molecule has 130 valence electrons. The summed E-state index contributed by atoms with van der Waals surface area (Å²) in [4.78, 5) is 4.64. The Labute approximate surface area is 150 Å². The molecule has 1 aliphatic rings. The van der Waals surface area contributed by atoms with Gasteiger partial charge in [0, 0.05) is 31.0 Å². The van der Waals surface area contributed by atoms with E-state index in [0.29, 0.717) is 17.5 Å². The molecule has 3 N–H and O–H groups in total. The molecular weight excluding hydrogens is 336 g/mol. The van der Waals surface area contributed by atoms with Crippen LogP contribution in [0.25, 0.3) is 22.2 Å². The van der Waals surface area contributed by atoms with E-state index < -0.39 is 0 Å². The van der Waals surface area contributed by atoms with E-state index >= 15 is 0 Å². The summed E-state index contributed by atoms with van der Waals surface area (Å²) in [5, 5.41) is 4.60. The molecule has 0 bridgehead atoms. The monoisotopic (exact) mass is 356 g/mol. The third kappa shape index (κ3) is 3.25. The Balaban J connectivity index is 1.63. The van der Waals surface area contributed by atoms with Crippen LogP contribution >= 0.6 is 11.5 Å². The summed E-state index contributed by atoms with van der Waals surface area (Å²) in [6.45, 7) is 1.62. The van der Waals surface area contributed by atoms with Crippen LogP contribution in [0.2, 0.25) is 0 Å². The number of rotatable bonds is 4. The van der Waals surface area contributed by atoms with Gasteiger partial charge in [0.1, 0.15) is 21.8 Å². The highest BCUT2D eigenvalue weighted by molar-refractivity contribution is 7.11. The van der Waals surface area contributed by atoms with Gasteiger partial charge in [-0.3, -0.25) is 4.98 Å². The zero-order valence-electron chi connectivity index (χ0n) is 14.0. The average molecular weight is 356 g/mol. The fourth-order valence-corrected chi connectivity index (χ4v) is 3.80. The highest BCUT2D eigenvalue weighted by atomic mass is 32.1. The van der Waals surface area contributed by atoms with Crippen LogP contribution in [0.5, 0.6) is 5.75 Å². The van der Waals surface area contributed by atoms with Gasteiger partial charge in [-0.05, 0) is 48.1 Å². The minimum absolute atomic E-state index is 0.431. The summed E-state index contributed by atoms with van der Waals surface area (Å²) >= 11 is 1.46. The number of aromatic nitrogens is 2. The molecule has 0 aliphatic carbocycles. The summed E-state index contributed by atoms with van der Waals surface area (Å²) in [7, 11) is 1.62. The van der Waals surface area contributed by atoms with Crippen LogP contribution in [0.15, 0.2) is 30.5 Å². The number of nitrogens with zero attached hydrogens (tertiary/aromatic N) is 2. The molecule has 4 rings (SSSR count). The number of fused-ring (bicyclic) bond motifs is 1. The summed E-state index contributed by atoms with van der Waals surface area (Å²) in [5.74, 6) is 0.665. The molecule has 3 aromatic rings. The quantitative estimate of drug-likeness (QED) is 0.696. The maximum absolute atomic E-state index is 5.89. The third-order valence-electron chi connectivity index (χ3n) is 4.44. The number of nitrogens with two attached hydrogens (primary N) is 1. The number of benzene rings is 1. The second-order valence-electron chi connectivity index (χ2n) is 6.09. The molecule has 1 aliphatic heterocycles. The zero-order chi connectivity index (χ0) is 17.2. The summed E-state index contributed by atoms with van der Waals surface area (Å²) < 4.78 is 15.3. The molecule has 0 atom stereocenters. The molecule has 1 fully saturated rings. The van der Waals surface area contributed by atoms with E-state index in [1.165, 1.54) is 11.5 Å². The van der Waals surface area contributed by atoms with Gasteiger partial charge in [0.15, 0.2) is 0 Å². The molecule has 6 nitrogen and oxygen atoms in total.